The van der Waals surface area contributed by atoms with Crippen LogP contribution < -0.4 is 5.32 Å². The number of carbonyl (C=O) groups is 1. The van der Waals surface area contributed by atoms with Gasteiger partial charge in [-0.3, -0.25) is 4.79 Å². The first-order valence-corrected chi connectivity index (χ1v) is 9.89. The Labute approximate surface area is 147 Å². The Balaban J connectivity index is 1.73. The number of fused-ring (bicyclic) bond motifs is 1. The van der Waals surface area contributed by atoms with Gasteiger partial charge in [0.1, 0.15) is 5.82 Å². The number of hydrogen-bond acceptors (Lipinski definition) is 4. The maximum absolute atomic E-state index is 12.6. The molecule has 5 nitrogen and oxygen atoms in total. The molecule has 0 radical (unpaired) electrons. The van der Waals surface area contributed by atoms with Crippen molar-refractivity contribution in [2.24, 2.45) is 0 Å². The van der Waals surface area contributed by atoms with Crippen molar-refractivity contribution in [2.45, 2.75) is 50.9 Å². The van der Waals surface area contributed by atoms with Crippen molar-refractivity contribution in [3.8, 4) is 0 Å². The van der Waals surface area contributed by atoms with Crippen LogP contribution in [0.25, 0.3) is 0 Å². The predicted octanol–water partition coefficient (Wildman–Crippen LogP) is 3.36. The lowest BCUT2D eigenvalue weighted by atomic mass is 10.1. The second-order valence-electron chi connectivity index (χ2n) is 6.27. The molecule has 2 aromatic rings. The summed E-state index contributed by atoms with van der Waals surface area (Å²) >= 11 is 1.75. The quantitative estimate of drug-likeness (QED) is 0.903. The highest BCUT2D eigenvalue weighted by molar-refractivity contribution is 7.97. The molecule has 24 heavy (non-hydrogen) atoms. The first-order valence-electron chi connectivity index (χ1n) is 8.49. The van der Waals surface area contributed by atoms with Gasteiger partial charge in [0.25, 0.3) is 5.91 Å². The minimum atomic E-state index is -0.152. The molecule has 1 aromatic carbocycles. The zero-order valence-corrected chi connectivity index (χ0v) is 15.1. The summed E-state index contributed by atoms with van der Waals surface area (Å²) in [5.41, 5.74) is 1.86. The fourth-order valence-corrected chi connectivity index (χ4v) is 3.65. The van der Waals surface area contributed by atoms with E-state index in [0.717, 1.165) is 36.8 Å². The van der Waals surface area contributed by atoms with E-state index in [1.807, 2.05) is 25.1 Å². The highest BCUT2D eigenvalue weighted by atomic mass is 32.2. The number of rotatable bonds is 5. The van der Waals surface area contributed by atoms with Crippen molar-refractivity contribution in [3.63, 3.8) is 0 Å². The van der Waals surface area contributed by atoms with Crippen LogP contribution in [0.4, 0.5) is 0 Å². The summed E-state index contributed by atoms with van der Waals surface area (Å²) in [5, 5.41) is 11.7. The van der Waals surface area contributed by atoms with Crippen LogP contribution in [0.3, 0.4) is 0 Å². The predicted molar refractivity (Wildman–Crippen MR) is 97.1 cm³/mol. The van der Waals surface area contributed by atoms with Crippen LogP contribution in [0, 0.1) is 0 Å². The molecule has 0 fully saturated rings. The molecule has 0 saturated heterocycles. The van der Waals surface area contributed by atoms with Crippen LogP contribution in [-0.4, -0.2) is 26.9 Å². The summed E-state index contributed by atoms with van der Waals surface area (Å²) in [6, 6.07) is 7.66. The van der Waals surface area contributed by atoms with Gasteiger partial charge < -0.3 is 9.88 Å². The van der Waals surface area contributed by atoms with Crippen LogP contribution in [0.5, 0.6) is 0 Å². The van der Waals surface area contributed by atoms with Gasteiger partial charge in [0.2, 0.25) is 0 Å². The molecule has 1 aliphatic rings. The van der Waals surface area contributed by atoms with Gasteiger partial charge in [-0.1, -0.05) is 18.6 Å². The molecule has 0 saturated carbocycles. The number of hydrogen-bond donors (Lipinski definition) is 1. The first kappa shape index (κ1) is 17.0. The van der Waals surface area contributed by atoms with Crippen LogP contribution in [-0.2, 0) is 18.7 Å². The lowest BCUT2D eigenvalue weighted by Crippen LogP contribution is -2.29. The SMILES string of the molecule is CSCc1cccc(C(=O)N[C@@H](C)c2nnc3n2CCCCC3)c1. The molecular formula is C18H24N4OS. The van der Waals surface area contributed by atoms with Gasteiger partial charge in [0, 0.05) is 24.3 Å². The Morgan fingerprint density at radius 3 is 3.04 bits per heavy atom. The Kier molecular flexibility index (Phi) is 5.56. The van der Waals surface area contributed by atoms with E-state index in [-0.39, 0.29) is 11.9 Å². The number of carbonyl (C=O) groups excluding carboxylic acids is 1. The maximum Gasteiger partial charge on any atom is 0.251 e. The fraction of sp³-hybridized carbons (Fsp3) is 0.500. The summed E-state index contributed by atoms with van der Waals surface area (Å²) in [4.78, 5) is 12.6. The molecule has 6 heteroatoms. The van der Waals surface area contributed by atoms with Crippen LogP contribution in [0.1, 0.15) is 59.8 Å². The molecule has 1 aromatic heterocycles. The van der Waals surface area contributed by atoms with Gasteiger partial charge >= 0.3 is 0 Å². The normalized spacial score (nSPS) is 15.4. The molecule has 1 aliphatic heterocycles. The lowest BCUT2D eigenvalue weighted by molar-refractivity contribution is 0.0937. The van der Waals surface area contributed by atoms with Gasteiger partial charge in [0.15, 0.2) is 5.82 Å². The van der Waals surface area contributed by atoms with Crippen molar-refractivity contribution >= 4 is 17.7 Å². The van der Waals surface area contributed by atoms with E-state index in [1.165, 1.54) is 18.4 Å². The molecule has 2 heterocycles. The Bertz CT molecular complexity index is 713. The second kappa shape index (κ2) is 7.83. The third-order valence-electron chi connectivity index (χ3n) is 4.37. The van der Waals surface area contributed by atoms with Crippen LogP contribution in [0.15, 0.2) is 24.3 Å². The number of thioether (sulfide) groups is 1. The van der Waals surface area contributed by atoms with E-state index in [4.69, 9.17) is 0 Å². The summed E-state index contributed by atoms with van der Waals surface area (Å²) in [5.74, 6) is 2.76. The number of nitrogens with one attached hydrogen (secondary N) is 1. The van der Waals surface area contributed by atoms with Crippen molar-refractivity contribution < 1.29 is 4.79 Å². The minimum Gasteiger partial charge on any atom is -0.342 e. The van der Waals surface area contributed by atoms with E-state index in [9.17, 15) is 4.79 Å². The summed E-state index contributed by atoms with van der Waals surface area (Å²) in [6.07, 6.45) is 6.58. The molecule has 1 amide bonds. The Hall–Kier alpha value is -1.82. The van der Waals surface area contributed by atoms with E-state index in [0.29, 0.717) is 5.56 Å². The van der Waals surface area contributed by atoms with Gasteiger partial charge in [-0.15, -0.1) is 10.2 Å². The largest absolute Gasteiger partial charge is 0.342 e. The van der Waals surface area contributed by atoms with Crippen LogP contribution >= 0.6 is 11.8 Å². The van der Waals surface area contributed by atoms with Crippen molar-refractivity contribution in [1.82, 2.24) is 20.1 Å². The van der Waals surface area contributed by atoms with E-state index in [2.05, 4.69) is 32.4 Å². The lowest BCUT2D eigenvalue weighted by Gasteiger charge is -2.15. The molecule has 3 rings (SSSR count). The van der Waals surface area contributed by atoms with Crippen molar-refractivity contribution in [3.05, 3.63) is 47.0 Å². The summed E-state index contributed by atoms with van der Waals surface area (Å²) in [6.45, 7) is 2.92. The number of nitrogens with zero attached hydrogens (tertiary/aromatic N) is 3. The molecule has 0 spiro atoms. The standard InChI is InChI=1S/C18H24N4OS/c1-13(17-21-20-16-9-4-3-5-10-22(16)17)19-18(23)15-8-6-7-14(11-15)12-24-2/h6-8,11,13H,3-5,9-10,12H2,1-2H3,(H,19,23)/t13-/m0/s1. The van der Waals surface area contributed by atoms with Gasteiger partial charge in [-0.05, 0) is 43.7 Å². The van der Waals surface area contributed by atoms with Crippen molar-refractivity contribution in [1.29, 1.82) is 0 Å². The van der Waals surface area contributed by atoms with Gasteiger partial charge in [0.05, 0.1) is 6.04 Å². The van der Waals surface area contributed by atoms with E-state index in [1.54, 1.807) is 11.8 Å². The zero-order valence-electron chi connectivity index (χ0n) is 14.3. The zero-order chi connectivity index (χ0) is 16.9. The van der Waals surface area contributed by atoms with E-state index >= 15 is 0 Å². The number of aromatic nitrogens is 3. The number of amides is 1. The Morgan fingerprint density at radius 1 is 1.33 bits per heavy atom. The first-order chi connectivity index (χ1) is 11.7. The molecule has 1 N–H and O–H groups in total. The average molecular weight is 344 g/mol. The van der Waals surface area contributed by atoms with Gasteiger partial charge in [-0.2, -0.15) is 11.8 Å². The highest BCUT2D eigenvalue weighted by Crippen LogP contribution is 2.19. The minimum absolute atomic E-state index is 0.0589. The molecule has 0 aliphatic carbocycles. The number of aryl methyl sites for hydroxylation is 1. The molecule has 0 unspecified atom stereocenters. The van der Waals surface area contributed by atoms with E-state index < -0.39 is 0 Å². The summed E-state index contributed by atoms with van der Waals surface area (Å²) in [7, 11) is 0. The molecule has 128 valence electrons. The Morgan fingerprint density at radius 2 is 2.21 bits per heavy atom. The molecular weight excluding hydrogens is 320 g/mol. The fourth-order valence-electron chi connectivity index (χ4n) is 3.14. The van der Waals surface area contributed by atoms with Gasteiger partial charge in [-0.25, -0.2) is 0 Å². The third-order valence-corrected chi connectivity index (χ3v) is 5.00. The smallest absolute Gasteiger partial charge is 0.251 e. The highest BCUT2D eigenvalue weighted by Gasteiger charge is 2.21. The molecule has 0 bridgehead atoms. The summed E-state index contributed by atoms with van der Waals surface area (Å²) < 4.78 is 2.18. The van der Waals surface area contributed by atoms with Crippen LogP contribution in [0.2, 0.25) is 0 Å². The van der Waals surface area contributed by atoms with Crippen molar-refractivity contribution in [2.75, 3.05) is 6.26 Å². The monoisotopic (exact) mass is 344 g/mol. The number of benzene rings is 1. The molecule has 1 atom stereocenters. The average Bonchev–Trinajstić information content (AvgIpc) is 2.84. The topological polar surface area (TPSA) is 59.8 Å². The maximum atomic E-state index is 12.6. The second-order valence-corrected chi connectivity index (χ2v) is 7.13. The third kappa shape index (κ3) is 3.80.